The lowest BCUT2D eigenvalue weighted by atomic mass is 9.79. The number of nitrogens with zero attached hydrogens (tertiary/aromatic N) is 1. The van der Waals surface area contributed by atoms with Crippen LogP contribution in [0.5, 0.6) is 0 Å². The van der Waals surface area contributed by atoms with Gasteiger partial charge in [-0.15, -0.1) is 0 Å². The van der Waals surface area contributed by atoms with Gasteiger partial charge in [-0.2, -0.15) is 0 Å². The summed E-state index contributed by atoms with van der Waals surface area (Å²) < 4.78 is 25.7. The number of rotatable bonds is 6. The number of piperazine rings is 1. The van der Waals surface area contributed by atoms with Gasteiger partial charge in [0.2, 0.25) is 11.8 Å². The third kappa shape index (κ3) is 2.40. The second-order valence-corrected chi connectivity index (χ2v) is 5.29. The van der Waals surface area contributed by atoms with Gasteiger partial charge in [-0.25, -0.2) is 8.78 Å². The van der Waals surface area contributed by atoms with Gasteiger partial charge in [0.05, 0.1) is 6.54 Å². The Morgan fingerprint density at radius 3 is 1.90 bits per heavy atom. The van der Waals surface area contributed by atoms with E-state index in [0.29, 0.717) is 25.7 Å². The Labute approximate surface area is 118 Å². The fourth-order valence-electron chi connectivity index (χ4n) is 3.04. The van der Waals surface area contributed by atoms with Crippen LogP contribution in [0.1, 0.15) is 53.4 Å². The lowest BCUT2D eigenvalue weighted by molar-refractivity contribution is -0.167. The molecule has 1 fully saturated rings. The van der Waals surface area contributed by atoms with E-state index in [4.69, 9.17) is 0 Å². The van der Waals surface area contributed by atoms with Gasteiger partial charge < -0.3 is 10.2 Å². The zero-order valence-corrected chi connectivity index (χ0v) is 12.6. The van der Waals surface area contributed by atoms with E-state index < -0.39 is 24.0 Å². The van der Waals surface area contributed by atoms with Crippen molar-refractivity contribution in [1.82, 2.24) is 10.2 Å². The highest BCUT2D eigenvalue weighted by atomic mass is 19.3. The predicted molar refractivity (Wildman–Crippen MR) is 72.5 cm³/mol. The van der Waals surface area contributed by atoms with Gasteiger partial charge in [-0.1, -0.05) is 27.7 Å². The molecule has 1 rings (SSSR count). The Morgan fingerprint density at radius 1 is 1.05 bits per heavy atom. The highest BCUT2D eigenvalue weighted by Gasteiger charge is 2.56. The van der Waals surface area contributed by atoms with Crippen molar-refractivity contribution in [2.24, 2.45) is 0 Å². The van der Waals surface area contributed by atoms with Crippen LogP contribution >= 0.6 is 0 Å². The molecule has 0 bridgehead atoms. The summed E-state index contributed by atoms with van der Waals surface area (Å²) >= 11 is 0. The smallest absolute Gasteiger partial charge is 0.255 e. The van der Waals surface area contributed by atoms with E-state index in [2.05, 4.69) is 5.32 Å². The zero-order valence-electron chi connectivity index (χ0n) is 12.6. The van der Waals surface area contributed by atoms with Crippen LogP contribution in [0.15, 0.2) is 0 Å². The van der Waals surface area contributed by atoms with Crippen LogP contribution in [0.4, 0.5) is 8.78 Å². The summed E-state index contributed by atoms with van der Waals surface area (Å²) in [5.74, 6) is -0.697. The Kier molecular flexibility index (Phi) is 5.10. The maximum atomic E-state index is 12.9. The molecular formula is C14H24F2N2O2. The molecule has 0 aromatic rings. The van der Waals surface area contributed by atoms with Crippen LogP contribution in [0.3, 0.4) is 0 Å². The molecule has 20 heavy (non-hydrogen) atoms. The average Bonchev–Trinajstić information content (AvgIpc) is 2.43. The lowest BCUT2D eigenvalue weighted by Crippen LogP contribution is -2.75. The third-order valence-electron chi connectivity index (χ3n) is 4.64. The highest BCUT2D eigenvalue weighted by Crippen LogP contribution is 2.35. The number of hydrogen-bond acceptors (Lipinski definition) is 2. The van der Waals surface area contributed by atoms with Gasteiger partial charge in [0.25, 0.3) is 6.43 Å². The second kappa shape index (κ2) is 6.06. The minimum absolute atomic E-state index is 0.313. The molecule has 2 amide bonds. The van der Waals surface area contributed by atoms with Crippen molar-refractivity contribution in [3.63, 3.8) is 0 Å². The van der Waals surface area contributed by atoms with Gasteiger partial charge in [-0.05, 0) is 25.7 Å². The van der Waals surface area contributed by atoms with Crippen molar-refractivity contribution in [2.45, 2.75) is 70.9 Å². The Balaban J connectivity index is 3.31. The fraction of sp³-hybridized carbons (Fsp3) is 0.857. The number of carbonyl (C=O) groups excluding carboxylic acids is 2. The van der Waals surface area contributed by atoms with E-state index in [1.807, 2.05) is 0 Å². The topological polar surface area (TPSA) is 49.4 Å². The minimum atomic E-state index is -2.64. The van der Waals surface area contributed by atoms with E-state index in [0.717, 1.165) is 4.90 Å². The molecule has 1 N–H and O–H groups in total. The minimum Gasteiger partial charge on any atom is -0.340 e. The number of halogens is 2. The molecule has 0 aliphatic carbocycles. The van der Waals surface area contributed by atoms with Crippen molar-refractivity contribution in [3.05, 3.63) is 0 Å². The summed E-state index contributed by atoms with van der Waals surface area (Å²) in [5, 5.41) is 2.80. The highest BCUT2D eigenvalue weighted by molar-refractivity contribution is 6.02. The standard InChI is InChI=1S/C14H24F2N2O2/c1-5-13(6-2)12(20)18(9-10(15)16)14(7-3,8-4)11(19)17-13/h10H,5-9H2,1-4H3,(H,17,19). The number of carbonyl (C=O) groups is 2. The maximum Gasteiger partial charge on any atom is 0.255 e. The molecule has 1 saturated heterocycles. The summed E-state index contributed by atoms with van der Waals surface area (Å²) in [6.07, 6.45) is -1.18. The van der Waals surface area contributed by atoms with Crippen LogP contribution in [0.25, 0.3) is 0 Å². The largest absolute Gasteiger partial charge is 0.340 e. The van der Waals surface area contributed by atoms with Gasteiger partial charge in [0.15, 0.2) is 0 Å². The lowest BCUT2D eigenvalue weighted by Gasteiger charge is -2.52. The molecule has 1 heterocycles. The normalized spacial score (nSPS) is 21.2. The Bertz CT molecular complexity index is 377. The first-order valence-electron chi connectivity index (χ1n) is 7.26. The molecule has 0 spiro atoms. The molecule has 0 aromatic heterocycles. The first-order chi connectivity index (χ1) is 9.33. The van der Waals surface area contributed by atoms with Crippen molar-refractivity contribution in [2.75, 3.05) is 6.54 Å². The van der Waals surface area contributed by atoms with Crippen LogP contribution in [0.2, 0.25) is 0 Å². The molecule has 116 valence electrons. The number of amides is 2. The van der Waals surface area contributed by atoms with Crippen molar-refractivity contribution < 1.29 is 18.4 Å². The van der Waals surface area contributed by atoms with Crippen molar-refractivity contribution in [1.29, 1.82) is 0 Å². The molecule has 6 heteroatoms. The fourth-order valence-corrected chi connectivity index (χ4v) is 3.04. The summed E-state index contributed by atoms with van der Waals surface area (Å²) in [7, 11) is 0. The summed E-state index contributed by atoms with van der Waals surface area (Å²) in [6, 6.07) is 0. The van der Waals surface area contributed by atoms with E-state index in [1.165, 1.54) is 0 Å². The monoisotopic (exact) mass is 290 g/mol. The molecule has 0 aromatic carbocycles. The van der Waals surface area contributed by atoms with Crippen molar-refractivity contribution in [3.8, 4) is 0 Å². The van der Waals surface area contributed by atoms with Crippen LogP contribution in [0, 0.1) is 0 Å². The van der Waals surface area contributed by atoms with Crippen LogP contribution in [-0.2, 0) is 9.59 Å². The van der Waals surface area contributed by atoms with Gasteiger partial charge in [-0.3, -0.25) is 9.59 Å². The number of alkyl halides is 2. The third-order valence-corrected chi connectivity index (χ3v) is 4.64. The summed E-state index contributed by atoms with van der Waals surface area (Å²) in [4.78, 5) is 26.3. The van der Waals surface area contributed by atoms with E-state index in [1.54, 1.807) is 27.7 Å². The van der Waals surface area contributed by atoms with Crippen molar-refractivity contribution >= 4 is 11.8 Å². The molecule has 0 atom stereocenters. The van der Waals surface area contributed by atoms with E-state index >= 15 is 0 Å². The molecular weight excluding hydrogens is 266 g/mol. The van der Waals surface area contributed by atoms with Gasteiger partial charge in [0.1, 0.15) is 11.1 Å². The van der Waals surface area contributed by atoms with Crippen LogP contribution < -0.4 is 5.32 Å². The Hall–Kier alpha value is -1.20. The number of nitrogens with one attached hydrogen (secondary N) is 1. The average molecular weight is 290 g/mol. The molecule has 1 aliphatic heterocycles. The Morgan fingerprint density at radius 2 is 1.55 bits per heavy atom. The van der Waals surface area contributed by atoms with Crippen LogP contribution in [-0.4, -0.2) is 40.8 Å². The quantitative estimate of drug-likeness (QED) is 0.816. The predicted octanol–water partition coefficient (Wildman–Crippen LogP) is 2.33. The molecule has 1 aliphatic rings. The maximum absolute atomic E-state index is 12.9. The SMILES string of the molecule is CCC1(CC)NC(=O)C(CC)(CC)N(CC(F)F)C1=O. The zero-order chi connectivity index (χ0) is 15.6. The second-order valence-electron chi connectivity index (χ2n) is 5.29. The van der Waals surface area contributed by atoms with Gasteiger partial charge in [0, 0.05) is 0 Å². The molecule has 0 unspecified atom stereocenters. The summed E-state index contributed by atoms with van der Waals surface area (Å²) in [5.41, 5.74) is -2.19. The molecule has 0 radical (unpaired) electrons. The van der Waals surface area contributed by atoms with Gasteiger partial charge >= 0.3 is 0 Å². The first kappa shape index (κ1) is 16.9. The van der Waals surface area contributed by atoms with E-state index in [9.17, 15) is 18.4 Å². The van der Waals surface area contributed by atoms with E-state index in [-0.39, 0.29) is 11.8 Å². The first-order valence-corrected chi connectivity index (χ1v) is 7.26. The molecule has 4 nitrogen and oxygen atoms in total. The molecule has 0 saturated carbocycles. The summed E-state index contributed by atoms with van der Waals surface area (Å²) in [6.45, 7) is 6.38. The number of hydrogen-bond donors (Lipinski definition) is 1.